The van der Waals surface area contributed by atoms with E-state index in [1.807, 2.05) is 56.3 Å². The Morgan fingerprint density at radius 1 is 1.06 bits per heavy atom. The van der Waals surface area contributed by atoms with Gasteiger partial charge in [-0.2, -0.15) is 0 Å². The molecule has 8 heteroatoms. The van der Waals surface area contributed by atoms with Gasteiger partial charge in [0.05, 0.1) is 11.6 Å². The smallest absolute Gasteiger partial charge is 0.243 e. The van der Waals surface area contributed by atoms with Crippen molar-refractivity contribution in [2.75, 3.05) is 16.9 Å². The fraction of sp³-hybridized carbons (Fsp3) is 0.231. The van der Waals surface area contributed by atoms with Crippen LogP contribution in [-0.4, -0.2) is 18.4 Å². The molecule has 1 fully saturated rings. The van der Waals surface area contributed by atoms with Crippen LogP contribution in [-0.2, 0) is 16.2 Å². The van der Waals surface area contributed by atoms with Crippen molar-refractivity contribution >= 4 is 46.4 Å². The number of hydrogen-bond acceptors (Lipinski definition) is 4. The van der Waals surface area contributed by atoms with Crippen LogP contribution >= 0.6 is 23.2 Å². The summed E-state index contributed by atoms with van der Waals surface area (Å²) >= 11 is 12.1. The normalized spacial score (nSPS) is 15.4. The summed E-state index contributed by atoms with van der Waals surface area (Å²) in [7, 11) is 0. The molecule has 176 valence electrons. The minimum absolute atomic E-state index is 0.0559. The molecule has 4 rings (SSSR count). The fourth-order valence-electron chi connectivity index (χ4n) is 3.73. The molecule has 0 aliphatic carbocycles. The SMILES string of the molecule is Cc1ccc(N2C[C@@H](C(=O)NNc3cccc(OCc4ccc(Cl)cc4Cl)c3)CC2=O)cc1C. The van der Waals surface area contributed by atoms with Gasteiger partial charge in [-0.15, -0.1) is 0 Å². The molecule has 0 bridgehead atoms. The third-order valence-corrected chi connectivity index (χ3v) is 6.46. The summed E-state index contributed by atoms with van der Waals surface area (Å²) < 4.78 is 5.82. The Bertz CT molecular complexity index is 1230. The number of anilines is 2. The Morgan fingerprint density at radius 2 is 1.88 bits per heavy atom. The maximum atomic E-state index is 12.7. The second-order valence-electron chi connectivity index (χ2n) is 8.34. The standard InChI is InChI=1S/C26H25Cl2N3O3/c1-16-6-9-22(10-17(16)2)31-14-19(11-25(31)32)26(33)30-29-21-4-3-5-23(13-21)34-15-18-7-8-20(27)12-24(18)28/h3-10,12-13,19,29H,11,14-15H2,1-2H3,(H,30,33)/t19-/m0/s1. The van der Waals surface area contributed by atoms with Crippen molar-refractivity contribution < 1.29 is 14.3 Å². The van der Waals surface area contributed by atoms with Crippen LogP contribution in [0.3, 0.4) is 0 Å². The van der Waals surface area contributed by atoms with E-state index in [2.05, 4.69) is 10.9 Å². The average Bonchev–Trinajstić information content (AvgIpc) is 3.20. The van der Waals surface area contributed by atoms with Crippen LogP contribution < -0.4 is 20.5 Å². The highest BCUT2D eigenvalue weighted by molar-refractivity contribution is 6.35. The number of benzene rings is 3. The van der Waals surface area contributed by atoms with E-state index in [9.17, 15) is 9.59 Å². The first-order chi connectivity index (χ1) is 16.3. The van der Waals surface area contributed by atoms with E-state index in [-0.39, 0.29) is 24.8 Å². The van der Waals surface area contributed by atoms with Gasteiger partial charge < -0.3 is 9.64 Å². The highest BCUT2D eigenvalue weighted by Crippen LogP contribution is 2.27. The molecule has 1 saturated heterocycles. The lowest BCUT2D eigenvalue weighted by molar-refractivity contribution is -0.125. The van der Waals surface area contributed by atoms with Crippen molar-refractivity contribution in [3.63, 3.8) is 0 Å². The van der Waals surface area contributed by atoms with Crippen LogP contribution in [0.25, 0.3) is 0 Å². The summed E-state index contributed by atoms with van der Waals surface area (Å²) in [5, 5.41) is 1.10. The Morgan fingerprint density at radius 3 is 2.65 bits per heavy atom. The number of nitrogens with zero attached hydrogens (tertiary/aromatic N) is 1. The van der Waals surface area contributed by atoms with Gasteiger partial charge >= 0.3 is 0 Å². The minimum Gasteiger partial charge on any atom is -0.489 e. The molecule has 3 aromatic rings. The monoisotopic (exact) mass is 497 g/mol. The summed E-state index contributed by atoms with van der Waals surface area (Å²) in [5.41, 5.74) is 10.2. The van der Waals surface area contributed by atoms with Gasteiger partial charge in [-0.1, -0.05) is 41.4 Å². The van der Waals surface area contributed by atoms with Crippen LogP contribution in [0.15, 0.2) is 60.7 Å². The molecule has 34 heavy (non-hydrogen) atoms. The molecule has 1 aliphatic heterocycles. The molecule has 2 amide bonds. The lowest BCUT2D eigenvalue weighted by Gasteiger charge is -2.18. The van der Waals surface area contributed by atoms with Gasteiger partial charge in [0.1, 0.15) is 12.4 Å². The average molecular weight is 498 g/mol. The highest BCUT2D eigenvalue weighted by atomic mass is 35.5. The predicted molar refractivity (Wildman–Crippen MR) is 135 cm³/mol. The quantitative estimate of drug-likeness (QED) is 0.411. The van der Waals surface area contributed by atoms with Crippen LogP contribution in [0.4, 0.5) is 11.4 Å². The number of amides is 2. The third kappa shape index (κ3) is 5.64. The van der Waals surface area contributed by atoms with Crippen molar-refractivity contribution in [1.29, 1.82) is 0 Å². The molecule has 0 unspecified atom stereocenters. The van der Waals surface area contributed by atoms with Gasteiger partial charge in [0.2, 0.25) is 11.8 Å². The number of nitrogens with one attached hydrogen (secondary N) is 2. The van der Waals surface area contributed by atoms with Gasteiger partial charge in [0, 0.05) is 40.3 Å². The molecular weight excluding hydrogens is 473 g/mol. The summed E-state index contributed by atoms with van der Waals surface area (Å²) in [4.78, 5) is 26.9. The molecule has 0 spiro atoms. The Hall–Kier alpha value is -3.22. The molecule has 1 heterocycles. The summed E-state index contributed by atoms with van der Waals surface area (Å²) in [6, 6.07) is 18.3. The number of hydrazine groups is 1. The topological polar surface area (TPSA) is 70.7 Å². The summed E-state index contributed by atoms with van der Waals surface area (Å²) in [6.07, 6.45) is 0.172. The number of hydrogen-bond donors (Lipinski definition) is 2. The van der Waals surface area contributed by atoms with Crippen LogP contribution in [0.2, 0.25) is 10.0 Å². The van der Waals surface area contributed by atoms with Crippen LogP contribution in [0, 0.1) is 19.8 Å². The molecule has 6 nitrogen and oxygen atoms in total. The number of carbonyl (C=O) groups is 2. The minimum atomic E-state index is -0.437. The van der Waals surface area contributed by atoms with Gasteiger partial charge in [-0.05, 0) is 61.4 Å². The molecule has 0 aromatic heterocycles. The maximum absolute atomic E-state index is 12.7. The largest absolute Gasteiger partial charge is 0.489 e. The van der Waals surface area contributed by atoms with Crippen molar-refractivity contribution in [3.05, 3.63) is 87.4 Å². The van der Waals surface area contributed by atoms with Gasteiger partial charge in [0.25, 0.3) is 0 Å². The van der Waals surface area contributed by atoms with E-state index in [1.165, 1.54) is 0 Å². The second kappa shape index (κ2) is 10.4. The molecule has 1 atom stereocenters. The number of aryl methyl sites for hydroxylation is 2. The lowest BCUT2D eigenvalue weighted by atomic mass is 10.1. The van der Waals surface area contributed by atoms with E-state index in [1.54, 1.807) is 23.1 Å². The number of ether oxygens (including phenoxy) is 1. The zero-order valence-corrected chi connectivity index (χ0v) is 20.4. The first-order valence-corrected chi connectivity index (χ1v) is 11.7. The van der Waals surface area contributed by atoms with E-state index < -0.39 is 5.92 Å². The first kappa shape index (κ1) is 23.9. The molecular formula is C26H25Cl2N3O3. The summed E-state index contributed by atoms with van der Waals surface area (Å²) in [5.74, 6) is -0.117. The zero-order chi connectivity index (χ0) is 24.2. The molecule has 3 aromatic carbocycles. The van der Waals surface area contributed by atoms with Gasteiger partial charge in [-0.3, -0.25) is 20.4 Å². The zero-order valence-electron chi connectivity index (χ0n) is 18.9. The Labute approximate surface area is 208 Å². The lowest BCUT2D eigenvalue weighted by Crippen LogP contribution is -2.36. The molecule has 1 aliphatic rings. The van der Waals surface area contributed by atoms with Crippen molar-refractivity contribution in [2.45, 2.75) is 26.9 Å². The van der Waals surface area contributed by atoms with E-state index >= 15 is 0 Å². The van der Waals surface area contributed by atoms with Crippen molar-refractivity contribution in [3.8, 4) is 5.75 Å². The van der Waals surface area contributed by atoms with E-state index in [0.717, 1.165) is 22.4 Å². The van der Waals surface area contributed by atoms with E-state index in [4.69, 9.17) is 27.9 Å². The third-order valence-electron chi connectivity index (χ3n) is 5.87. The fourth-order valence-corrected chi connectivity index (χ4v) is 4.19. The number of halogens is 2. The molecule has 2 N–H and O–H groups in total. The van der Waals surface area contributed by atoms with E-state index in [0.29, 0.717) is 28.0 Å². The highest BCUT2D eigenvalue weighted by Gasteiger charge is 2.35. The van der Waals surface area contributed by atoms with Crippen molar-refractivity contribution in [1.82, 2.24) is 5.43 Å². The Balaban J connectivity index is 1.32. The maximum Gasteiger partial charge on any atom is 0.243 e. The number of rotatable bonds is 7. The van der Waals surface area contributed by atoms with Crippen LogP contribution in [0.5, 0.6) is 5.75 Å². The Kier molecular flexibility index (Phi) is 7.29. The molecule has 0 radical (unpaired) electrons. The van der Waals surface area contributed by atoms with Gasteiger partial charge in [0.15, 0.2) is 0 Å². The summed E-state index contributed by atoms with van der Waals surface area (Å²) in [6.45, 7) is 4.67. The number of carbonyl (C=O) groups excluding carboxylic acids is 2. The molecule has 0 saturated carbocycles. The second-order valence-corrected chi connectivity index (χ2v) is 9.18. The van der Waals surface area contributed by atoms with Gasteiger partial charge in [-0.25, -0.2) is 0 Å². The first-order valence-electron chi connectivity index (χ1n) is 10.9. The van der Waals surface area contributed by atoms with Crippen LogP contribution in [0.1, 0.15) is 23.1 Å². The predicted octanol–water partition coefficient (Wildman–Crippen LogP) is 5.69. The van der Waals surface area contributed by atoms with Crippen molar-refractivity contribution in [2.24, 2.45) is 5.92 Å².